The van der Waals surface area contributed by atoms with E-state index in [4.69, 9.17) is 9.47 Å². The molecule has 0 radical (unpaired) electrons. The quantitative estimate of drug-likeness (QED) is 0.635. The largest absolute Gasteiger partial charge is 0.378 e. The van der Waals surface area contributed by atoms with Crippen molar-refractivity contribution in [3.05, 3.63) is 59.8 Å². The first-order valence-electron chi connectivity index (χ1n) is 10.2. The van der Waals surface area contributed by atoms with Crippen molar-refractivity contribution in [1.82, 2.24) is 15.6 Å². The van der Waals surface area contributed by atoms with E-state index >= 15 is 0 Å². The number of rotatable bonds is 9. The lowest BCUT2D eigenvalue weighted by atomic mass is 10.1. The molecule has 2 heterocycles. The maximum absolute atomic E-state index is 12.0. The maximum Gasteiger partial charge on any atom is 0.315 e. The van der Waals surface area contributed by atoms with E-state index in [9.17, 15) is 4.79 Å². The SMILES string of the molecule is CC(OCCCNC(=O)NCc1ccnc(N2CCOCC2)c1)c1ccccc1. The van der Waals surface area contributed by atoms with Crippen LogP contribution in [-0.2, 0) is 16.0 Å². The molecule has 3 rings (SSSR count). The number of pyridine rings is 1. The zero-order valence-electron chi connectivity index (χ0n) is 17.0. The van der Waals surface area contributed by atoms with Crippen molar-refractivity contribution in [1.29, 1.82) is 0 Å². The number of amides is 2. The van der Waals surface area contributed by atoms with Crippen molar-refractivity contribution >= 4 is 11.8 Å². The summed E-state index contributed by atoms with van der Waals surface area (Å²) >= 11 is 0. The van der Waals surface area contributed by atoms with Gasteiger partial charge in [-0.25, -0.2) is 9.78 Å². The van der Waals surface area contributed by atoms with Gasteiger partial charge in [0.1, 0.15) is 5.82 Å². The van der Waals surface area contributed by atoms with Crippen molar-refractivity contribution in [2.75, 3.05) is 44.4 Å². The number of hydrogen-bond acceptors (Lipinski definition) is 5. The lowest BCUT2D eigenvalue weighted by molar-refractivity contribution is 0.0644. The summed E-state index contributed by atoms with van der Waals surface area (Å²) in [6.45, 7) is 6.81. The maximum atomic E-state index is 12.0. The van der Waals surface area contributed by atoms with Gasteiger partial charge in [-0.2, -0.15) is 0 Å². The molecule has 0 saturated carbocycles. The molecular weight excluding hydrogens is 368 g/mol. The van der Waals surface area contributed by atoms with E-state index in [2.05, 4.69) is 32.7 Å². The Morgan fingerprint density at radius 1 is 1.21 bits per heavy atom. The second kappa shape index (κ2) is 11.4. The monoisotopic (exact) mass is 398 g/mol. The average Bonchev–Trinajstić information content (AvgIpc) is 2.78. The highest BCUT2D eigenvalue weighted by molar-refractivity contribution is 5.73. The molecule has 1 fully saturated rings. The molecule has 29 heavy (non-hydrogen) atoms. The fourth-order valence-corrected chi connectivity index (χ4v) is 3.14. The molecule has 7 heteroatoms. The van der Waals surface area contributed by atoms with Gasteiger partial charge in [0, 0.05) is 39.0 Å². The normalized spacial score (nSPS) is 15.0. The Morgan fingerprint density at radius 3 is 2.79 bits per heavy atom. The van der Waals surface area contributed by atoms with Gasteiger partial charge in [0.15, 0.2) is 0 Å². The highest BCUT2D eigenvalue weighted by atomic mass is 16.5. The summed E-state index contributed by atoms with van der Waals surface area (Å²) in [6.07, 6.45) is 2.60. The van der Waals surface area contributed by atoms with Crippen LogP contribution in [0.15, 0.2) is 48.7 Å². The number of carbonyl (C=O) groups is 1. The van der Waals surface area contributed by atoms with Gasteiger partial charge in [0.25, 0.3) is 0 Å². The number of ether oxygens (including phenoxy) is 2. The van der Waals surface area contributed by atoms with Crippen molar-refractivity contribution in [3.8, 4) is 0 Å². The first kappa shape index (κ1) is 21.1. The van der Waals surface area contributed by atoms with Crippen molar-refractivity contribution in [2.24, 2.45) is 0 Å². The van der Waals surface area contributed by atoms with Crippen LogP contribution in [0.4, 0.5) is 10.6 Å². The molecule has 7 nitrogen and oxygen atoms in total. The Kier molecular flexibility index (Phi) is 8.27. The van der Waals surface area contributed by atoms with E-state index < -0.39 is 0 Å². The number of nitrogens with zero attached hydrogens (tertiary/aromatic N) is 2. The minimum absolute atomic E-state index is 0.0531. The highest BCUT2D eigenvalue weighted by Gasteiger charge is 2.12. The molecule has 1 unspecified atom stereocenters. The Labute approximate surface area is 172 Å². The van der Waals surface area contributed by atoms with E-state index in [1.54, 1.807) is 6.20 Å². The topological polar surface area (TPSA) is 75.7 Å². The van der Waals surface area contributed by atoms with Crippen LogP contribution in [0.2, 0.25) is 0 Å². The minimum Gasteiger partial charge on any atom is -0.378 e. The predicted molar refractivity (Wildman–Crippen MR) is 113 cm³/mol. The molecule has 0 bridgehead atoms. The van der Waals surface area contributed by atoms with E-state index in [0.29, 0.717) is 19.7 Å². The third kappa shape index (κ3) is 7.03. The van der Waals surface area contributed by atoms with Crippen LogP contribution in [0.25, 0.3) is 0 Å². The van der Waals surface area contributed by atoms with Crippen LogP contribution in [0.5, 0.6) is 0 Å². The van der Waals surface area contributed by atoms with Crippen LogP contribution in [-0.4, -0.2) is 50.5 Å². The number of morpholine rings is 1. The molecule has 0 aliphatic carbocycles. The van der Waals surface area contributed by atoms with Gasteiger partial charge < -0.3 is 25.0 Å². The molecule has 2 aromatic rings. The van der Waals surface area contributed by atoms with Gasteiger partial charge in [-0.15, -0.1) is 0 Å². The molecule has 1 aliphatic heterocycles. The fraction of sp³-hybridized carbons (Fsp3) is 0.455. The lowest BCUT2D eigenvalue weighted by Gasteiger charge is -2.28. The molecule has 1 aromatic heterocycles. The lowest BCUT2D eigenvalue weighted by Crippen LogP contribution is -2.37. The van der Waals surface area contributed by atoms with E-state index in [1.165, 1.54) is 0 Å². The summed E-state index contributed by atoms with van der Waals surface area (Å²) in [5, 5.41) is 5.76. The van der Waals surface area contributed by atoms with Crippen molar-refractivity contribution in [2.45, 2.75) is 26.0 Å². The van der Waals surface area contributed by atoms with Crippen LogP contribution in [0.3, 0.4) is 0 Å². The first-order valence-corrected chi connectivity index (χ1v) is 10.2. The van der Waals surface area contributed by atoms with Crippen LogP contribution in [0, 0.1) is 0 Å². The summed E-state index contributed by atoms with van der Waals surface area (Å²) in [7, 11) is 0. The molecule has 2 N–H and O–H groups in total. The van der Waals surface area contributed by atoms with E-state index in [1.807, 2.05) is 37.3 Å². The van der Waals surface area contributed by atoms with Gasteiger partial charge in [-0.1, -0.05) is 30.3 Å². The van der Waals surface area contributed by atoms with Crippen LogP contribution in [0.1, 0.15) is 30.6 Å². The molecule has 1 saturated heterocycles. The summed E-state index contributed by atoms with van der Waals surface area (Å²) in [5.41, 5.74) is 2.18. The van der Waals surface area contributed by atoms with Gasteiger partial charge in [-0.05, 0) is 36.6 Å². The number of anilines is 1. The Balaban J connectivity index is 1.31. The number of aromatic nitrogens is 1. The number of nitrogens with one attached hydrogen (secondary N) is 2. The first-order chi connectivity index (χ1) is 14.2. The molecule has 1 aliphatic rings. The number of urea groups is 1. The summed E-state index contributed by atoms with van der Waals surface area (Å²) in [5.74, 6) is 0.928. The Hall–Kier alpha value is -2.64. The smallest absolute Gasteiger partial charge is 0.315 e. The van der Waals surface area contributed by atoms with Gasteiger partial charge in [0.2, 0.25) is 0 Å². The molecule has 1 atom stereocenters. The molecule has 156 valence electrons. The van der Waals surface area contributed by atoms with Gasteiger partial charge in [-0.3, -0.25) is 0 Å². The van der Waals surface area contributed by atoms with E-state index in [0.717, 1.165) is 49.7 Å². The summed E-state index contributed by atoms with van der Waals surface area (Å²) in [6, 6.07) is 13.9. The van der Waals surface area contributed by atoms with Crippen molar-refractivity contribution < 1.29 is 14.3 Å². The minimum atomic E-state index is -0.175. The van der Waals surface area contributed by atoms with E-state index in [-0.39, 0.29) is 12.1 Å². The van der Waals surface area contributed by atoms with Crippen LogP contribution >= 0.6 is 0 Å². The summed E-state index contributed by atoms with van der Waals surface area (Å²) in [4.78, 5) is 18.6. The van der Waals surface area contributed by atoms with Crippen molar-refractivity contribution in [3.63, 3.8) is 0 Å². The summed E-state index contributed by atoms with van der Waals surface area (Å²) < 4.78 is 11.2. The fourth-order valence-electron chi connectivity index (χ4n) is 3.14. The number of carbonyl (C=O) groups excluding carboxylic acids is 1. The molecule has 1 aromatic carbocycles. The van der Waals surface area contributed by atoms with Gasteiger partial charge >= 0.3 is 6.03 Å². The zero-order chi connectivity index (χ0) is 20.3. The second-order valence-corrected chi connectivity index (χ2v) is 7.01. The van der Waals surface area contributed by atoms with Gasteiger partial charge in [0.05, 0.1) is 19.3 Å². The number of benzene rings is 1. The van der Waals surface area contributed by atoms with Crippen LogP contribution < -0.4 is 15.5 Å². The second-order valence-electron chi connectivity index (χ2n) is 7.01. The molecule has 2 amide bonds. The molecular formula is C22H30N4O3. The molecule has 0 spiro atoms. The third-order valence-electron chi connectivity index (χ3n) is 4.84. The zero-order valence-corrected chi connectivity index (χ0v) is 17.0. The standard InChI is InChI=1S/C22H30N4O3/c1-18(20-6-3-2-4-7-20)29-13-5-9-24-22(27)25-17-19-8-10-23-21(16-19)26-11-14-28-15-12-26/h2-4,6-8,10,16,18H,5,9,11-15,17H2,1H3,(H2,24,25,27). The average molecular weight is 399 g/mol. The Bertz CT molecular complexity index is 751. The highest BCUT2D eigenvalue weighted by Crippen LogP contribution is 2.16. The Morgan fingerprint density at radius 2 is 2.00 bits per heavy atom. The third-order valence-corrected chi connectivity index (χ3v) is 4.84. The number of hydrogen-bond donors (Lipinski definition) is 2. The predicted octanol–water partition coefficient (Wildman–Crippen LogP) is 2.89.